The number of ether oxygens (including phenoxy) is 2. The zero-order valence-corrected chi connectivity index (χ0v) is 16.9. The molecule has 0 unspecified atom stereocenters. The monoisotopic (exact) mass is 397 g/mol. The number of hydrogen-bond acceptors (Lipinski definition) is 7. The Morgan fingerprint density at radius 1 is 1.00 bits per heavy atom. The lowest BCUT2D eigenvalue weighted by Crippen LogP contribution is -2.50. The first kappa shape index (κ1) is 22.4. The summed E-state index contributed by atoms with van der Waals surface area (Å²) in [6, 6.07) is 5.89. The van der Waals surface area contributed by atoms with Crippen molar-refractivity contribution < 1.29 is 32.3 Å². The Labute approximate surface area is 158 Å². The van der Waals surface area contributed by atoms with Crippen molar-refractivity contribution >= 4 is 27.9 Å². The number of amides is 1. The van der Waals surface area contributed by atoms with E-state index in [2.05, 4.69) is 9.47 Å². The molecule has 148 valence electrons. The van der Waals surface area contributed by atoms with E-state index in [4.69, 9.17) is 0 Å². The topological polar surface area (TPSA) is 107 Å². The summed E-state index contributed by atoms with van der Waals surface area (Å²) < 4.78 is 35.7. The van der Waals surface area contributed by atoms with Gasteiger partial charge in [-0.15, -0.1) is 0 Å². The molecule has 0 aliphatic carbocycles. The van der Waals surface area contributed by atoms with Crippen molar-refractivity contribution in [3.63, 3.8) is 0 Å². The van der Waals surface area contributed by atoms with E-state index in [1.807, 2.05) is 0 Å². The molecule has 0 aliphatic rings. The van der Waals surface area contributed by atoms with Crippen LogP contribution in [0, 0.1) is 6.92 Å². The molecule has 0 aliphatic heterocycles. The Bertz CT molecular complexity index is 862. The second kappa shape index (κ2) is 8.34. The summed E-state index contributed by atoms with van der Waals surface area (Å²) >= 11 is 0. The number of carbonyl (C=O) groups excluding carboxylic acids is 3. The molecule has 0 N–H and O–H groups in total. The van der Waals surface area contributed by atoms with Crippen LogP contribution in [0.3, 0.4) is 0 Å². The largest absolute Gasteiger partial charge is 0.466 e. The number of nitrogens with zero attached hydrogens (tertiary/aromatic N) is 1. The van der Waals surface area contributed by atoms with Gasteiger partial charge in [-0.2, -0.15) is 0 Å². The van der Waals surface area contributed by atoms with Crippen LogP contribution in [0.5, 0.6) is 0 Å². The van der Waals surface area contributed by atoms with E-state index in [0.29, 0.717) is 10.4 Å². The van der Waals surface area contributed by atoms with Crippen LogP contribution in [0.2, 0.25) is 0 Å². The van der Waals surface area contributed by atoms with Crippen LogP contribution in [0.15, 0.2) is 40.8 Å². The van der Waals surface area contributed by atoms with Crippen LogP contribution in [-0.4, -0.2) is 50.3 Å². The minimum Gasteiger partial charge on any atom is -0.466 e. The van der Waals surface area contributed by atoms with Crippen LogP contribution in [0.1, 0.15) is 26.3 Å². The summed E-state index contributed by atoms with van der Waals surface area (Å²) in [5, 5.41) is 0. The van der Waals surface area contributed by atoms with E-state index >= 15 is 0 Å². The third kappa shape index (κ3) is 5.16. The van der Waals surface area contributed by atoms with E-state index < -0.39 is 39.0 Å². The second-order valence-corrected chi connectivity index (χ2v) is 8.42. The number of rotatable bonds is 5. The molecule has 9 heteroatoms. The first-order valence-corrected chi connectivity index (χ1v) is 9.34. The van der Waals surface area contributed by atoms with Gasteiger partial charge in [0.1, 0.15) is 5.57 Å². The molecule has 1 aromatic carbocycles. The predicted molar refractivity (Wildman–Crippen MR) is 97.1 cm³/mol. The van der Waals surface area contributed by atoms with Gasteiger partial charge in [-0.25, -0.2) is 22.3 Å². The van der Waals surface area contributed by atoms with Crippen LogP contribution in [0.25, 0.3) is 0 Å². The van der Waals surface area contributed by atoms with Gasteiger partial charge in [-0.1, -0.05) is 17.7 Å². The lowest BCUT2D eigenvalue weighted by molar-refractivity contribution is -0.141. The molecule has 0 aromatic heterocycles. The van der Waals surface area contributed by atoms with Gasteiger partial charge in [0.15, 0.2) is 0 Å². The van der Waals surface area contributed by atoms with Gasteiger partial charge in [-0.05, 0) is 39.8 Å². The molecule has 0 heterocycles. The Morgan fingerprint density at radius 2 is 1.52 bits per heavy atom. The highest BCUT2D eigenvalue weighted by atomic mass is 32.2. The fourth-order valence-corrected chi connectivity index (χ4v) is 3.92. The van der Waals surface area contributed by atoms with Gasteiger partial charge in [-0.3, -0.25) is 4.79 Å². The average Bonchev–Trinajstić information content (AvgIpc) is 2.57. The van der Waals surface area contributed by atoms with Crippen molar-refractivity contribution in [3.8, 4) is 0 Å². The maximum absolute atomic E-state index is 13.1. The van der Waals surface area contributed by atoms with E-state index in [1.54, 1.807) is 19.1 Å². The minimum absolute atomic E-state index is 0.126. The standard InChI is InChI=1S/C18H23NO7S/c1-12-7-9-13(10-8-12)27(23,24)19(18(2,3)4)16(21)14(17(22)26-6)11-15(20)25-5/h7-11H,1-6H3/b14-11-. The summed E-state index contributed by atoms with van der Waals surface area (Å²) in [6.07, 6.45) is 0.609. The number of carbonyl (C=O) groups is 3. The molecule has 0 atom stereocenters. The normalized spacial score (nSPS) is 12.3. The maximum Gasteiger partial charge on any atom is 0.343 e. The number of aryl methyl sites for hydroxylation is 1. The van der Waals surface area contributed by atoms with Gasteiger partial charge < -0.3 is 9.47 Å². The third-order valence-corrected chi connectivity index (χ3v) is 5.51. The zero-order chi connectivity index (χ0) is 21.0. The van der Waals surface area contributed by atoms with Crippen molar-refractivity contribution in [2.75, 3.05) is 14.2 Å². The van der Waals surface area contributed by atoms with Crippen molar-refractivity contribution in [1.29, 1.82) is 0 Å². The molecule has 0 radical (unpaired) electrons. The van der Waals surface area contributed by atoms with Gasteiger partial charge in [0, 0.05) is 6.08 Å². The first-order valence-electron chi connectivity index (χ1n) is 7.90. The van der Waals surface area contributed by atoms with Gasteiger partial charge >= 0.3 is 11.9 Å². The van der Waals surface area contributed by atoms with E-state index in [9.17, 15) is 22.8 Å². The minimum atomic E-state index is -4.32. The van der Waals surface area contributed by atoms with Crippen molar-refractivity contribution in [3.05, 3.63) is 41.5 Å². The Kier molecular flexibility index (Phi) is 6.91. The van der Waals surface area contributed by atoms with Gasteiger partial charge in [0.05, 0.1) is 24.7 Å². The van der Waals surface area contributed by atoms with E-state index in [-0.39, 0.29) is 4.90 Å². The van der Waals surface area contributed by atoms with Gasteiger partial charge in [0.25, 0.3) is 15.9 Å². The van der Waals surface area contributed by atoms with E-state index in [0.717, 1.165) is 19.8 Å². The second-order valence-electron chi connectivity index (χ2n) is 6.63. The third-order valence-electron chi connectivity index (χ3n) is 3.45. The summed E-state index contributed by atoms with van der Waals surface area (Å²) in [4.78, 5) is 36.4. The van der Waals surface area contributed by atoms with Crippen LogP contribution in [0.4, 0.5) is 0 Å². The average molecular weight is 397 g/mol. The lowest BCUT2D eigenvalue weighted by Gasteiger charge is -2.34. The summed E-state index contributed by atoms with van der Waals surface area (Å²) in [7, 11) is -2.25. The molecule has 1 aromatic rings. The zero-order valence-electron chi connectivity index (χ0n) is 16.1. The molecule has 8 nitrogen and oxygen atoms in total. The Hall–Kier alpha value is -2.68. The first-order chi connectivity index (χ1) is 12.4. The molecular formula is C18H23NO7S. The molecule has 0 saturated heterocycles. The highest BCUT2D eigenvalue weighted by Crippen LogP contribution is 2.27. The highest BCUT2D eigenvalue weighted by molar-refractivity contribution is 7.89. The number of sulfonamides is 1. The van der Waals surface area contributed by atoms with Crippen LogP contribution >= 0.6 is 0 Å². The molecule has 0 saturated carbocycles. The number of methoxy groups -OCH3 is 2. The van der Waals surface area contributed by atoms with Crippen molar-refractivity contribution in [2.24, 2.45) is 0 Å². The van der Waals surface area contributed by atoms with Crippen molar-refractivity contribution in [1.82, 2.24) is 4.31 Å². The molecule has 27 heavy (non-hydrogen) atoms. The van der Waals surface area contributed by atoms with Crippen molar-refractivity contribution in [2.45, 2.75) is 38.1 Å². The fraction of sp³-hybridized carbons (Fsp3) is 0.389. The van der Waals surface area contributed by atoms with Gasteiger partial charge in [0.2, 0.25) is 0 Å². The molecule has 0 bridgehead atoms. The molecule has 0 spiro atoms. The van der Waals surface area contributed by atoms with Crippen LogP contribution in [-0.2, 0) is 33.9 Å². The quantitative estimate of drug-likeness (QED) is 0.321. The number of benzene rings is 1. The maximum atomic E-state index is 13.1. The smallest absolute Gasteiger partial charge is 0.343 e. The number of hydrogen-bond donors (Lipinski definition) is 0. The predicted octanol–water partition coefficient (Wildman–Crippen LogP) is 1.58. The molecule has 1 rings (SSSR count). The summed E-state index contributed by atoms with van der Waals surface area (Å²) in [5.41, 5.74) is -1.15. The highest BCUT2D eigenvalue weighted by Gasteiger charge is 2.41. The fourth-order valence-electron chi connectivity index (χ4n) is 2.19. The molecular weight excluding hydrogens is 374 g/mol. The molecule has 0 fully saturated rings. The SMILES string of the molecule is COC(=O)/C=C(\C(=O)OC)C(=O)N(C(C)(C)C)S(=O)(=O)c1ccc(C)cc1. The van der Waals surface area contributed by atoms with Crippen LogP contribution < -0.4 is 0 Å². The lowest BCUT2D eigenvalue weighted by atomic mass is 10.1. The number of esters is 2. The summed E-state index contributed by atoms with van der Waals surface area (Å²) in [6.45, 7) is 6.26. The Balaban J connectivity index is 3.60. The molecule has 1 amide bonds. The summed E-state index contributed by atoms with van der Waals surface area (Å²) in [5.74, 6) is -3.34. The van der Waals surface area contributed by atoms with E-state index in [1.165, 1.54) is 32.9 Å². The Morgan fingerprint density at radius 3 is 1.93 bits per heavy atom.